The summed E-state index contributed by atoms with van der Waals surface area (Å²) in [7, 11) is -7.75. The van der Waals surface area contributed by atoms with Crippen molar-refractivity contribution in [1.29, 1.82) is 0 Å². The zero-order chi connectivity index (χ0) is 21.8. The van der Waals surface area contributed by atoms with Crippen LogP contribution in [-0.4, -0.2) is 40.3 Å². The van der Waals surface area contributed by atoms with Crippen molar-refractivity contribution in [3.8, 4) is 5.75 Å². The Hall–Kier alpha value is -1.81. The molecular formula is C19H25ClN2O5S2. The molecule has 0 atom stereocenters. The van der Waals surface area contributed by atoms with Gasteiger partial charge < -0.3 is 4.74 Å². The summed E-state index contributed by atoms with van der Waals surface area (Å²) in [6.07, 6.45) is -0.237. The topological polar surface area (TPSA) is 92.8 Å². The number of hydrogen-bond donors (Lipinski definition) is 1. The fraction of sp³-hybridized carbons (Fsp3) is 0.368. The van der Waals surface area contributed by atoms with Gasteiger partial charge in [0.05, 0.1) is 21.6 Å². The van der Waals surface area contributed by atoms with Crippen molar-refractivity contribution in [3.63, 3.8) is 0 Å². The van der Waals surface area contributed by atoms with Crippen LogP contribution in [0.15, 0.2) is 52.3 Å². The molecule has 0 saturated heterocycles. The van der Waals surface area contributed by atoms with Crippen LogP contribution in [0.5, 0.6) is 5.75 Å². The number of sulfonamides is 2. The number of anilines is 1. The number of ether oxygens (including phenoxy) is 1. The predicted octanol–water partition coefficient (Wildman–Crippen LogP) is 3.96. The van der Waals surface area contributed by atoms with Crippen molar-refractivity contribution in [1.82, 2.24) is 4.31 Å². The molecule has 0 spiro atoms. The first-order valence-electron chi connectivity index (χ1n) is 9.10. The van der Waals surface area contributed by atoms with Crippen molar-refractivity contribution in [3.05, 3.63) is 47.5 Å². The second-order valence-electron chi connectivity index (χ2n) is 6.47. The Bertz CT molecular complexity index is 1050. The summed E-state index contributed by atoms with van der Waals surface area (Å²) < 4.78 is 60.7. The molecule has 0 fully saturated rings. The van der Waals surface area contributed by atoms with E-state index in [1.165, 1.54) is 46.8 Å². The Kier molecular flexibility index (Phi) is 7.56. The predicted molar refractivity (Wildman–Crippen MR) is 115 cm³/mol. The van der Waals surface area contributed by atoms with Crippen LogP contribution in [0.3, 0.4) is 0 Å². The molecule has 1 N–H and O–H groups in total. The Morgan fingerprint density at radius 1 is 0.966 bits per heavy atom. The van der Waals surface area contributed by atoms with Gasteiger partial charge in [0, 0.05) is 18.1 Å². The number of nitrogens with zero attached hydrogens (tertiary/aromatic N) is 1. The van der Waals surface area contributed by atoms with Crippen molar-refractivity contribution < 1.29 is 21.6 Å². The summed E-state index contributed by atoms with van der Waals surface area (Å²) in [6, 6.07) is 9.79. The Balaban J connectivity index is 2.53. The molecule has 0 radical (unpaired) electrons. The first-order valence-corrected chi connectivity index (χ1v) is 12.4. The lowest BCUT2D eigenvalue weighted by Gasteiger charge is -2.21. The van der Waals surface area contributed by atoms with Gasteiger partial charge in [0.2, 0.25) is 10.0 Å². The van der Waals surface area contributed by atoms with Crippen LogP contribution >= 0.6 is 11.6 Å². The Labute approximate surface area is 177 Å². The minimum Gasteiger partial charge on any atom is -0.489 e. The van der Waals surface area contributed by atoms with Gasteiger partial charge in [-0.2, -0.15) is 4.31 Å². The van der Waals surface area contributed by atoms with Crippen LogP contribution in [0.2, 0.25) is 5.02 Å². The molecule has 0 aliphatic heterocycles. The summed E-state index contributed by atoms with van der Waals surface area (Å²) in [5.74, 6) is 0.232. The molecule has 0 aliphatic rings. The minimum atomic E-state index is -3.98. The highest BCUT2D eigenvalue weighted by Crippen LogP contribution is 2.32. The lowest BCUT2D eigenvalue weighted by Crippen LogP contribution is -2.30. The molecule has 2 aromatic carbocycles. The van der Waals surface area contributed by atoms with Crippen molar-refractivity contribution in [2.45, 2.75) is 43.6 Å². The lowest BCUT2D eigenvalue weighted by atomic mass is 10.3. The molecule has 0 heterocycles. The molecule has 7 nitrogen and oxygen atoms in total. The van der Waals surface area contributed by atoms with Gasteiger partial charge in [-0.05, 0) is 56.3 Å². The highest BCUT2D eigenvalue weighted by atomic mass is 35.5. The number of benzene rings is 2. The molecule has 2 aromatic rings. The first-order chi connectivity index (χ1) is 13.5. The fourth-order valence-corrected chi connectivity index (χ4v) is 5.31. The normalized spacial score (nSPS) is 12.4. The fourth-order valence-electron chi connectivity index (χ4n) is 2.64. The van der Waals surface area contributed by atoms with E-state index in [1.54, 1.807) is 27.7 Å². The summed E-state index contributed by atoms with van der Waals surface area (Å²) >= 11 is 5.83. The maximum atomic E-state index is 12.8. The monoisotopic (exact) mass is 460 g/mol. The first kappa shape index (κ1) is 23.5. The minimum absolute atomic E-state index is 0.00519. The highest BCUT2D eigenvalue weighted by molar-refractivity contribution is 7.92. The Morgan fingerprint density at radius 3 is 2.03 bits per heavy atom. The molecule has 0 aliphatic carbocycles. The summed E-state index contributed by atoms with van der Waals surface area (Å²) in [5.41, 5.74) is 0.0434. The van der Waals surface area contributed by atoms with Crippen LogP contribution in [0, 0.1) is 0 Å². The number of nitrogens with one attached hydrogen (secondary N) is 1. The quantitative estimate of drug-likeness (QED) is 0.611. The summed E-state index contributed by atoms with van der Waals surface area (Å²) in [6.45, 7) is 7.66. The molecule has 0 bridgehead atoms. The number of hydrogen-bond acceptors (Lipinski definition) is 5. The molecular weight excluding hydrogens is 436 g/mol. The average molecular weight is 461 g/mol. The maximum absolute atomic E-state index is 12.8. The highest BCUT2D eigenvalue weighted by Gasteiger charge is 2.25. The van der Waals surface area contributed by atoms with E-state index in [9.17, 15) is 16.8 Å². The largest absolute Gasteiger partial charge is 0.489 e. The van der Waals surface area contributed by atoms with Crippen LogP contribution in [-0.2, 0) is 20.0 Å². The van der Waals surface area contributed by atoms with Crippen LogP contribution in [0.1, 0.15) is 27.7 Å². The van der Waals surface area contributed by atoms with E-state index in [-0.39, 0.29) is 27.3 Å². The van der Waals surface area contributed by atoms with E-state index >= 15 is 0 Å². The molecule has 160 valence electrons. The average Bonchev–Trinajstić information content (AvgIpc) is 2.63. The third-order valence-electron chi connectivity index (χ3n) is 4.03. The van der Waals surface area contributed by atoms with Gasteiger partial charge in [0.25, 0.3) is 10.0 Å². The van der Waals surface area contributed by atoms with E-state index in [1.807, 2.05) is 0 Å². The van der Waals surface area contributed by atoms with Gasteiger partial charge in [-0.3, -0.25) is 4.72 Å². The van der Waals surface area contributed by atoms with Gasteiger partial charge in [-0.1, -0.05) is 25.4 Å². The Morgan fingerprint density at radius 2 is 1.52 bits per heavy atom. The SMILES string of the molecule is CCN(CC)S(=O)(=O)c1ccc(OC(C)C)c(NS(=O)(=O)c2ccc(Cl)cc2)c1. The summed E-state index contributed by atoms with van der Waals surface area (Å²) in [4.78, 5) is -0.0273. The number of halogens is 1. The van der Waals surface area contributed by atoms with Gasteiger partial charge >= 0.3 is 0 Å². The number of rotatable bonds is 9. The van der Waals surface area contributed by atoms with Crippen LogP contribution in [0.4, 0.5) is 5.69 Å². The van der Waals surface area contributed by atoms with Gasteiger partial charge in [0.1, 0.15) is 5.75 Å². The van der Waals surface area contributed by atoms with Crippen molar-refractivity contribution in [2.24, 2.45) is 0 Å². The third-order valence-corrected chi connectivity index (χ3v) is 7.70. The van der Waals surface area contributed by atoms with Gasteiger partial charge in [-0.25, -0.2) is 16.8 Å². The van der Waals surface area contributed by atoms with Crippen LogP contribution in [0.25, 0.3) is 0 Å². The van der Waals surface area contributed by atoms with Gasteiger partial charge in [0.15, 0.2) is 0 Å². The zero-order valence-electron chi connectivity index (χ0n) is 16.7. The second kappa shape index (κ2) is 9.34. The lowest BCUT2D eigenvalue weighted by molar-refractivity contribution is 0.243. The second-order valence-corrected chi connectivity index (χ2v) is 10.5. The molecule has 29 heavy (non-hydrogen) atoms. The van der Waals surface area contributed by atoms with Crippen molar-refractivity contribution in [2.75, 3.05) is 17.8 Å². The summed E-state index contributed by atoms with van der Waals surface area (Å²) in [5, 5.41) is 0.403. The molecule has 0 unspecified atom stereocenters. The molecule has 0 saturated carbocycles. The molecule has 0 aromatic heterocycles. The molecule has 2 rings (SSSR count). The zero-order valence-corrected chi connectivity index (χ0v) is 19.1. The van der Waals surface area contributed by atoms with E-state index < -0.39 is 20.0 Å². The standard InChI is InChI=1S/C19H25ClN2O5S2/c1-5-22(6-2)29(25,26)17-11-12-19(27-14(3)4)18(13-17)21-28(23,24)16-9-7-15(20)8-10-16/h7-14,21H,5-6H2,1-4H3. The molecule has 0 amide bonds. The molecule has 10 heteroatoms. The van der Waals surface area contributed by atoms with E-state index in [0.29, 0.717) is 18.1 Å². The maximum Gasteiger partial charge on any atom is 0.262 e. The van der Waals surface area contributed by atoms with Gasteiger partial charge in [-0.15, -0.1) is 0 Å². The smallest absolute Gasteiger partial charge is 0.262 e. The van der Waals surface area contributed by atoms with E-state index in [0.717, 1.165) is 0 Å². The van der Waals surface area contributed by atoms with E-state index in [2.05, 4.69) is 4.72 Å². The van der Waals surface area contributed by atoms with E-state index in [4.69, 9.17) is 16.3 Å². The van der Waals surface area contributed by atoms with Crippen LogP contribution < -0.4 is 9.46 Å². The van der Waals surface area contributed by atoms with Crippen molar-refractivity contribution >= 4 is 37.3 Å². The third kappa shape index (κ3) is 5.63.